The average Bonchev–Trinajstić information content (AvgIpc) is 3.34. The van der Waals surface area contributed by atoms with Gasteiger partial charge in [0.15, 0.2) is 0 Å². The maximum Gasteiger partial charge on any atom is 0.573 e. The summed E-state index contributed by atoms with van der Waals surface area (Å²) < 4.78 is 69.7. The molecule has 12 nitrogen and oxygen atoms in total. The first kappa shape index (κ1) is 34.1. The number of aryl methyl sites for hydroxylation is 2. The van der Waals surface area contributed by atoms with E-state index in [1.807, 2.05) is 0 Å². The van der Waals surface area contributed by atoms with Crippen LogP contribution in [0.2, 0.25) is 0 Å². The van der Waals surface area contributed by atoms with Crippen LogP contribution in [0.5, 0.6) is 5.75 Å². The van der Waals surface area contributed by atoms with Crippen LogP contribution in [0.25, 0.3) is 6.08 Å². The lowest BCUT2D eigenvalue weighted by Gasteiger charge is -2.34. The molecule has 3 aliphatic rings. The molecule has 3 heterocycles. The van der Waals surface area contributed by atoms with Gasteiger partial charge in [0.1, 0.15) is 23.7 Å². The number of hydrogen-bond acceptors (Lipinski definition) is 8. The monoisotopic (exact) mass is 677 g/mol. The molecule has 0 atom stereocenters. The summed E-state index contributed by atoms with van der Waals surface area (Å²) in [4.78, 5) is 45.4. The molecular weight excluding hydrogens is 643 g/mol. The second-order valence-electron chi connectivity index (χ2n) is 11.6. The zero-order valence-electron chi connectivity index (χ0n) is 25.7. The number of hydrogen-bond donors (Lipinski definition) is 2. The molecule has 252 valence electrons. The van der Waals surface area contributed by atoms with Crippen LogP contribution in [0.15, 0.2) is 46.8 Å². The summed E-state index contributed by atoms with van der Waals surface area (Å²) in [5, 5.41) is 12.8. The number of nitrogens with zero attached hydrogens (tertiary/aromatic N) is 4. The quantitative estimate of drug-likeness (QED) is 0.457. The van der Waals surface area contributed by atoms with E-state index in [0.29, 0.717) is 48.4 Å². The molecule has 5 rings (SSSR count). The minimum absolute atomic E-state index is 0.00331. The number of carbonyl (C=O) groups excluding carboxylic acids is 3. The van der Waals surface area contributed by atoms with Crippen molar-refractivity contribution in [2.24, 2.45) is 4.99 Å². The summed E-state index contributed by atoms with van der Waals surface area (Å²) in [6.07, 6.45) is -3.25. The van der Waals surface area contributed by atoms with Crippen LogP contribution < -0.4 is 10.1 Å². The van der Waals surface area contributed by atoms with Gasteiger partial charge in [0.05, 0.1) is 0 Å². The third kappa shape index (κ3) is 7.49. The second kappa shape index (κ2) is 13.1. The van der Waals surface area contributed by atoms with Crippen LogP contribution in [0, 0.1) is 13.8 Å². The molecule has 0 saturated carbocycles. The van der Waals surface area contributed by atoms with Crippen molar-refractivity contribution in [3.63, 3.8) is 0 Å². The third-order valence-corrected chi connectivity index (χ3v) is 10.1. The number of piperidine rings is 1. The summed E-state index contributed by atoms with van der Waals surface area (Å²) in [5.74, 6) is -1.41. The van der Waals surface area contributed by atoms with Crippen LogP contribution in [0.1, 0.15) is 45.5 Å². The molecule has 0 unspecified atom stereocenters. The summed E-state index contributed by atoms with van der Waals surface area (Å²) in [7, 11) is -3.90. The molecule has 2 aromatic carbocycles. The highest BCUT2D eigenvalue weighted by molar-refractivity contribution is 7.92. The molecule has 3 amide bonds. The van der Waals surface area contributed by atoms with Crippen molar-refractivity contribution < 1.29 is 45.8 Å². The Morgan fingerprint density at radius 3 is 2.23 bits per heavy atom. The number of aliphatic hydroxyl groups excluding tert-OH is 1. The number of amidine groups is 1. The van der Waals surface area contributed by atoms with E-state index in [4.69, 9.17) is 5.11 Å². The number of amides is 3. The van der Waals surface area contributed by atoms with Gasteiger partial charge in [-0.25, -0.2) is 8.42 Å². The summed E-state index contributed by atoms with van der Waals surface area (Å²) in [5.41, 5.74) is 1.45. The fourth-order valence-electron chi connectivity index (χ4n) is 5.99. The Morgan fingerprint density at radius 2 is 1.64 bits per heavy atom. The maximum atomic E-state index is 13.3. The standard InChI is InChI=1S/C31H34F3N5O7S/c1-20-16-23(28(42)38-13-11-37(12-14-38)26(41)19-40)17-21(2)25(20)6-15-47(44,45)39-9-7-30(8-10-39)29(43)35-27(36-30)22-4-3-5-24(18-22)46-31(32,33)34/h3-6,15-18,40H,7-14,19H2,1-2H3,(H,35,36,43)/b15-6+. The van der Waals surface area contributed by atoms with E-state index in [1.165, 1.54) is 27.4 Å². The molecule has 1 spiro atoms. The van der Waals surface area contributed by atoms with Gasteiger partial charge in [0.2, 0.25) is 15.9 Å². The highest BCUT2D eigenvalue weighted by atomic mass is 32.2. The van der Waals surface area contributed by atoms with Gasteiger partial charge >= 0.3 is 6.36 Å². The number of aliphatic imine (C=N–C) groups is 1. The molecular formula is C31H34F3N5O7S. The number of carbonyl (C=O) groups is 3. The molecule has 2 fully saturated rings. The highest BCUT2D eigenvalue weighted by Crippen LogP contribution is 2.33. The van der Waals surface area contributed by atoms with Gasteiger partial charge in [-0.2, -0.15) is 4.31 Å². The maximum absolute atomic E-state index is 13.3. The van der Waals surface area contributed by atoms with Crippen molar-refractivity contribution in [2.75, 3.05) is 45.9 Å². The number of nitrogens with one attached hydrogen (secondary N) is 1. The smallest absolute Gasteiger partial charge is 0.406 e. The molecule has 0 aromatic heterocycles. The van der Waals surface area contributed by atoms with Crippen LogP contribution in [0.3, 0.4) is 0 Å². The van der Waals surface area contributed by atoms with Gasteiger partial charge in [0.25, 0.3) is 11.8 Å². The summed E-state index contributed by atoms with van der Waals surface area (Å²) in [6.45, 7) is 4.28. The Bertz CT molecular complexity index is 1720. The zero-order chi connectivity index (χ0) is 34.1. The largest absolute Gasteiger partial charge is 0.573 e. The minimum atomic E-state index is -4.88. The normalized spacial score (nSPS) is 18.9. The Hall–Kier alpha value is -4.28. The van der Waals surface area contributed by atoms with E-state index in [2.05, 4.69) is 15.0 Å². The Labute approximate surface area is 269 Å². The number of rotatable bonds is 7. The first-order chi connectivity index (χ1) is 22.1. The van der Waals surface area contributed by atoms with Gasteiger partial charge in [0, 0.05) is 55.8 Å². The van der Waals surface area contributed by atoms with Crippen LogP contribution in [-0.4, -0.2) is 109 Å². The molecule has 0 aliphatic carbocycles. The zero-order valence-corrected chi connectivity index (χ0v) is 26.5. The van der Waals surface area contributed by atoms with E-state index in [9.17, 15) is 36.0 Å². The van der Waals surface area contributed by atoms with Gasteiger partial charge in [-0.1, -0.05) is 12.1 Å². The Balaban J connectivity index is 1.23. The molecule has 2 saturated heterocycles. The number of aliphatic hydroxyl groups is 1. The van der Waals surface area contributed by atoms with E-state index in [-0.39, 0.29) is 49.1 Å². The lowest BCUT2D eigenvalue weighted by atomic mass is 9.89. The molecule has 2 aromatic rings. The van der Waals surface area contributed by atoms with Crippen molar-refractivity contribution in [3.8, 4) is 5.75 Å². The second-order valence-corrected chi connectivity index (χ2v) is 13.4. The number of halogens is 3. The topological polar surface area (TPSA) is 149 Å². The van der Waals surface area contributed by atoms with E-state index in [1.54, 1.807) is 30.9 Å². The van der Waals surface area contributed by atoms with Gasteiger partial charge < -0.3 is 25.0 Å². The Morgan fingerprint density at radius 1 is 1.02 bits per heavy atom. The first-order valence-corrected chi connectivity index (χ1v) is 16.4. The van der Waals surface area contributed by atoms with E-state index >= 15 is 0 Å². The fourth-order valence-corrected chi connectivity index (χ4v) is 7.16. The van der Waals surface area contributed by atoms with Crippen LogP contribution >= 0.6 is 0 Å². The van der Waals surface area contributed by atoms with Gasteiger partial charge in [-0.05, 0) is 73.7 Å². The number of ether oxygens (including phenoxy) is 1. The van der Waals surface area contributed by atoms with Crippen molar-refractivity contribution >= 4 is 39.7 Å². The number of sulfonamides is 1. The van der Waals surface area contributed by atoms with Crippen molar-refractivity contribution in [1.82, 2.24) is 19.4 Å². The predicted octanol–water partition coefficient (Wildman–Crippen LogP) is 2.19. The number of alkyl halides is 3. The third-order valence-electron chi connectivity index (χ3n) is 8.53. The van der Waals surface area contributed by atoms with E-state index in [0.717, 1.165) is 17.5 Å². The number of piperazine rings is 1. The molecule has 0 bridgehead atoms. The van der Waals surface area contributed by atoms with Crippen LogP contribution in [0.4, 0.5) is 13.2 Å². The molecule has 2 N–H and O–H groups in total. The lowest BCUT2D eigenvalue weighted by Crippen LogP contribution is -2.51. The molecule has 16 heteroatoms. The van der Waals surface area contributed by atoms with Crippen molar-refractivity contribution in [2.45, 2.75) is 38.6 Å². The summed E-state index contributed by atoms with van der Waals surface area (Å²) in [6, 6.07) is 8.47. The molecule has 0 radical (unpaired) electrons. The lowest BCUT2D eigenvalue weighted by molar-refractivity contribution is -0.274. The average molecular weight is 678 g/mol. The van der Waals surface area contributed by atoms with Crippen LogP contribution in [-0.2, 0) is 19.6 Å². The summed E-state index contributed by atoms with van der Waals surface area (Å²) >= 11 is 0. The van der Waals surface area contributed by atoms with Gasteiger partial charge in [-0.15, -0.1) is 13.2 Å². The fraction of sp³-hybridized carbons (Fsp3) is 0.419. The predicted molar refractivity (Wildman–Crippen MR) is 165 cm³/mol. The SMILES string of the molecule is Cc1cc(C(=O)N2CCN(C(=O)CO)CC2)cc(C)c1/C=C/S(=O)(=O)N1CCC2(CC1)N=C(c1cccc(OC(F)(F)F)c1)NC2=O. The Kier molecular flexibility index (Phi) is 9.48. The van der Waals surface area contributed by atoms with E-state index < -0.39 is 40.2 Å². The number of benzene rings is 2. The van der Waals surface area contributed by atoms with Crippen molar-refractivity contribution in [1.29, 1.82) is 0 Å². The highest BCUT2D eigenvalue weighted by Gasteiger charge is 2.47. The minimum Gasteiger partial charge on any atom is -0.406 e. The van der Waals surface area contributed by atoms with Crippen molar-refractivity contribution in [3.05, 3.63) is 69.6 Å². The molecule has 3 aliphatic heterocycles. The molecule has 47 heavy (non-hydrogen) atoms. The van der Waals surface area contributed by atoms with Gasteiger partial charge in [-0.3, -0.25) is 19.4 Å². The first-order valence-electron chi connectivity index (χ1n) is 14.9.